The second-order valence-corrected chi connectivity index (χ2v) is 6.40. The lowest BCUT2D eigenvalue weighted by molar-refractivity contribution is -0.127. The molecule has 3 nitrogen and oxygen atoms in total. The molecule has 0 aliphatic heterocycles. The lowest BCUT2D eigenvalue weighted by Gasteiger charge is -2.18. The Hall–Kier alpha value is -1.23. The monoisotopic (exact) mass is 343 g/mol. The first-order chi connectivity index (χ1) is 9.97. The van der Waals surface area contributed by atoms with E-state index in [-0.39, 0.29) is 11.9 Å². The maximum absolute atomic E-state index is 12.1. The second kappa shape index (κ2) is 7.16. The van der Waals surface area contributed by atoms with Crippen LogP contribution < -0.4 is 10.1 Å². The van der Waals surface area contributed by atoms with E-state index in [9.17, 15) is 4.79 Å². The van der Waals surface area contributed by atoms with Crippen LogP contribution in [0.5, 0.6) is 5.75 Å². The summed E-state index contributed by atoms with van der Waals surface area (Å²) in [5.41, 5.74) is 0. The highest BCUT2D eigenvalue weighted by molar-refractivity contribution is 7.10. The number of carbonyl (C=O) groups excluding carboxylic acids is 1. The number of benzene rings is 1. The molecule has 2 rings (SSSR count). The van der Waals surface area contributed by atoms with Gasteiger partial charge in [0.15, 0.2) is 6.10 Å². The Bertz CT molecular complexity index is 616. The van der Waals surface area contributed by atoms with Crippen LogP contribution in [0.2, 0.25) is 10.0 Å². The number of amides is 1. The fourth-order valence-electron chi connectivity index (χ4n) is 1.75. The molecule has 1 aromatic carbocycles. The van der Waals surface area contributed by atoms with Crippen LogP contribution in [0.25, 0.3) is 0 Å². The predicted octanol–water partition coefficient (Wildman–Crippen LogP) is 4.70. The molecular weight excluding hydrogens is 329 g/mol. The molecule has 2 aromatic rings. The van der Waals surface area contributed by atoms with Gasteiger partial charge in [-0.25, -0.2) is 0 Å². The van der Waals surface area contributed by atoms with Crippen LogP contribution in [0.3, 0.4) is 0 Å². The van der Waals surface area contributed by atoms with Crippen LogP contribution >= 0.6 is 34.5 Å². The topological polar surface area (TPSA) is 38.3 Å². The van der Waals surface area contributed by atoms with E-state index in [0.717, 1.165) is 4.88 Å². The molecule has 1 N–H and O–H groups in total. The van der Waals surface area contributed by atoms with Crippen LogP contribution in [0.4, 0.5) is 0 Å². The van der Waals surface area contributed by atoms with Crippen LogP contribution in [0, 0.1) is 0 Å². The summed E-state index contributed by atoms with van der Waals surface area (Å²) in [6, 6.07) is 8.79. The molecule has 0 aliphatic rings. The smallest absolute Gasteiger partial charge is 0.261 e. The molecule has 1 aromatic heterocycles. The van der Waals surface area contributed by atoms with E-state index in [0.29, 0.717) is 15.8 Å². The summed E-state index contributed by atoms with van der Waals surface area (Å²) in [5.74, 6) is 0.245. The predicted molar refractivity (Wildman–Crippen MR) is 87.4 cm³/mol. The SMILES string of the molecule is C[C@H](Oc1ccc(Cl)cc1Cl)C(=O)N[C@H](C)c1cccs1. The number of carbonyl (C=O) groups is 1. The minimum atomic E-state index is -0.647. The highest BCUT2D eigenvalue weighted by atomic mass is 35.5. The van der Waals surface area contributed by atoms with Gasteiger partial charge in [0.1, 0.15) is 5.75 Å². The van der Waals surface area contributed by atoms with E-state index in [2.05, 4.69) is 5.32 Å². The van der Waals surface area contributed by atoms with Crippen LogP contribution in [0.1, 0.15) is 24.8 Å². The molecule has 0 saturated carbocycles. The van der Waals surface area contributed by atoms with Crippen molar-refractivity contribution >= 4 is 40.4 Å². The first-order valence-electron chi connectivity index (χ1n) is 6.43. The number of halogens is 2. The van der Waals surface area contributed by atoms with Gasteiger partial charge in [0.25, 0.3) is 5.91 Å². The first kappa shape index (κ1) is 16.1. The van der Waals surface area contributed by atoms with Gasteiger partial charge in [-0.3, -0.25) is 4.79 Å². The Morgan fingerprint density at radius 2 is 2.05 bits per heavy atom. The molecule has 0 fully saturated rings. The van der Waals surface area contributed by atoms with Crippen molar-refractivity contribution in [1.29, 1.82) is 0 Å². The van der Waals surface area contributed by atoms with Crippen molar-refractivity contribution in [3.8, 4) is 5.75 Å². The van der Waals surface area contributed by atoms with Gasteiger partial charge in [0, 0.05) is 9.90 Å². The van der Waals surface area contributed by atoms with Gasteiger partial charge in [-0.1, -0.05) is 29.3 Å². The molecule has 0 radical (unpaired) electrons. The van der Waals surface area contributed by atoms with E-state index in [1.54, 1.807) is 36.5 Å². The second-order valence-electron chi connectivity index (χ2n) is 4.58. The van der Waals surface area contributed by atoms with Crippen LogP contribution in [-0.2, 0) is 4.79 Å². The molecule has 0 saturated heterocycles. The normalized spacial score (nSPS) is 13.5. The molecular formula is C15H15Cl2NO2S. The van der Waals surface area contributed by atoms with E-state index >= 15 is 0 Å². The summed E-state index contributed by atoms with van der Waals surface area (Å²) in [7, 11) is 0. The van der Waals surface area contributed by atoms with E-state index in [1.165, 1.54) is 0 Å². The van der Waals surface area contributed by atoms with Crippen molar-refractivity contribution in [3.63, 3.8) is 0 Å². The minimum Gasteiger partial charge on any atom is -0.479 e. The molecule has 0 bridgehead atoms. The van der Waals surface area contributed by atoms with Gasteiger partial charge >= 0.3 is 0 Å². The van der Waals surface area contributed by atoms with Gasteiger partial charge in [-0.2, -0.15) is 0 Å². The fraction of sp³-hybridized carbons (Fsp3) is 0.267. The first-order valence-corrected chi connectivity index (χ1v) is 8.06. The molecule has 0 aliphatic carbocycles. The Morgan fingerprint density at radius 3 is 2.67 bits per heavy atom. The van der Waals surface area contributed by atoms with Gasteiger partial charge in [-0.15, -0.1) is 11.3 Å². The van der Waals surface area contributed by atoms with Crippen LogP contribution in [-0.4, -0.2) is 12.0 Å². The van der Waals surface area contributed by atoms with Crippen molar-refractivity contribution < 1.29 is 9.53 Å². The number of thiophene rings is 1. The van der Waals surface area contributed by atoms with Crippen LogP contribution in [0.15, 0.2) is 35.7 Å². The standard InChI is InChI=1S/C15H15Cl2NO2S/c1-9(14-4-3-7-21-14)18-15(19)10(2)20-13-6-5-11(16)8-12(13)17/h3-10H,1-2H3,(H,18,19)/t9-,10+/m1/s1. The van der Waals surface area contributed by atoms with Crippen molar-refractivity contribution in [2.45, 2.75) is 26.0 Å². The maximum Gasteiger partial charge on any atom is 0.261 e. The minimum absolute atomic E-state index is 0.0516. The zero-order valence-electron chi connectivity index (χ0n) is 11.6. The van der Waals surface area contributed by atoms with Gasteiger partial charge in [0.2, 0.25) is 0 Å². The number of hydrogen-bond donors (Lipinski definition) is 1. The average Bonchev–Trinajstić information content (AvgIpc) is 2.95. The zero-order valence-corrected chi connectivity index (χ0v) is 13.9. The molecule has 21 heavy (non-hydrogen) atoms. The van der Waals surface area contributed by atoms with E-state index in [4.69, 9.17) is 27.9 Å². The summed E-state index contributed by atoms with van der Waals surface area (Å²) in [6.45, 7) is 3.62. The number of nitrogens with one attached hydrogen (secondary N) is 1. The Balaban J connectivity index is 1.96. The van der Waals surface area contributed by atoms with E-state index < -0.39 is 6.10 Å². The van der Waals surface area contributed by atoms with E-state index in [1.807, 2.05) is 24.4 Å². The molecule has 6 heteroatoms. The number of rotatable bonds is 5. The lowest BCUT2D eigenvalue weighted by Crippen LogP contribution is -2.37. The van der Waals surface area contributed by atoms with Crippen molar-refractivity contribution in [3.05, 3.63) is 50.6 Å². The summed E-state index contributed by atoms with van der Waals surface area (Å²) in [5, 5.41) is 5.79. The number of ether oxygens (including phenoxy) is 1. The fourth-order valence-corrected chi connectivity index (χ4v) is 2.94. The maximum atomic E-state index is 12.1. The summed E-state index contributed by atoms with van der Waals surface area (Å²) >= 11 is 13.5. The molecule has 1 amide bonds. The summed E-state index contributed by atoms with van der Waals surface area (Å²) < 4.78 is 5.58. The Morgan fingerprint density at radius 1 is 1.29 bits per heavy atom. The summed E-state index contributed by atoms with van der Waals surface area (Å²) in [6.07, 6.45) is -0.647. The van der Waals surface area contributed by atoms with Crippen molar-refractivity contribution in [2.24, 2.45) is 0 Å². The molecule has 112 valence electrons. The third-order valence-corrected chi connectivity index (χ3v) is 4.48. The molecule has 0 spiro atoms. The number of hydrogen-bond acceptors (Lipinski definition) is 3. The van der Waals surface area contributed by atoms with Gasteiger partial charge in [0.05, 0.1) is 11.1 Å². The third-order valence-electron chi connectivity index (χ3n) is 2.90. The lowest BCUT2D eigenvalue weighted by atomic mass is 10.2. The highest BCUT2D eigenvalue weighted by Crippen LogP contribution is 2.28. The molecule has 2 atom stereocenters. The molecule has 1 heterocycles. The third kappa shape index (κ3) is 4.37. The summed E-state index contributed by atoms with van der Waals surface area (Å²) in [4.78, 5) is 13.2. The molecule has 0 unspecified atom stereocenters. The average molecular weight is 344 g/mol. The Kier molecular flexibility index (Phi) is 5.51. The van der Waals surface area contributed by atoms with Crippen molar-refractivity contribution in [1.82, 2.24) is 5.32 Å². The van der Waals surface area contributed by atoms with Gasteiger partial charge in [-0.05, 0) is 43.5 Å². The highest BCUT2D eigenvalue weighted by Gasteiger charge is 2.19. The largest absolute Gasteiger partial charge is 0.479 e. The van der Waals surface area contributed by atoms with Crippen molar-refractivity contribution in [2.75, 3.05) is 0 Å². The van der Waals surface area contributed by atoms with Gasteiger partial charge < -0.3 is 10.1 Å². The quantitative estimate of drug-likeness (QED) is 0.854. The Labute approximate surface area is 137 Å². The zero-order chi connectivity index (χ0) is 15.4.